The average Bonchev–Trinajstić information content (AvgIpc) is 2.28. The SMILES string of the molecule is CNc1nc(C(C)(C)C)nc(SCCS(C)(=O)=O)c1C. The Balaban J connectivity index is 3.05. The molecule has 0 atom stereocenters. The van der Waals surface area contributed by atoms with Crippen LogP contribution in [0.1, 0.15) is 32.2 Å². The first-order valence-electron chi connectivity index (χ1n) is 6.42. The Morgan fingerprint density at radius 1 is 1.25 bits per heavy atom. The van der Waals surface area contributed by atoms with Crippen LogP contribution in [0.4, 0.5) is 5.82 Å². The minimum Gasteiger partial charge on any atom is -0.373 e. The summed E-state index contributed by atoms with van der Waals surface area (Å²) in [6.45, 7) is 8.12. The van der Waals surface area contributed by atoms with Gasteiger partial charge in [0.05, 0.1) is 5.75 Å². The van der Waals surface area contributed by atoms with Crippen LogP contribution in [-0.2, 0) is 15.3 Å². The van der Waals surface area contributed by atoms with Crippen LogP contribution in [0.5, 0.6) is 0 Å². The normalized spacial score (nSPS) is 12.5. The molecular formula is C13H23N3O2S2. The zero-order valence-electron chi connectivity index (χ0n) is 12.9. The number of thioether (sulfide) groups is 1. The van der Waals surface area contributed by atoms with Gasteiger partial charge >= 0.3 is 0 Å². The second-order valence-electron chi connectivity index (χ2n) is 5.80. The standard InChI is InChI=1S/C13H23N3O2S2/c1-9-10(14-5)15-12(13(2,3)4)16-11(9)19-7-8-20(6,17)18/h7-8H2,1-6H3,(H,14,15,16). The summed E-state index contributed by atoms with van der Waals surface area (Å²) in [5.41, 5.74) is 0.810. The van der Waals surface area contributed by atoms with Crippen molar-refractivity contribution in [1.82, 2.24) is 9.97 Å². The minimum atomic E-state index is -2.94. The van der Waals surface area contributed by atoms with Gasteiger partial charge in [-0.3, -0.25) is 0 Å². The van der Waals surface area contributed by atoms with Gasteiger partial charge in [-0.25, -0.2) is 18.4 Å². The Bertz CT molecular complexity index is 578. The number of nitrogens with one attached hydrogen (secondary N) is 1. The van der Waals surface area contributed by atoms with Crippen LogP contribution in [0.15, 0.2) is 5.03 Å². The van der Waals surface area contributed by atoms with Gasteiger partial charge in [0.15, 0.2) is 0 Å². The van der Waals surface area contributed by atoms with Crippen LogP contribution in [-0.4, -0.2) is 43.2 Å². The van der Waals surface area contributed by atoms with Crippen LogP contribution < -0.4 is 5.32 Å². The Hall–Kier alpha value is -0.820. The molecule has 0 aliphatic rings. The van der Waals surface area contributed by atoms with Gasteiger partial charge in [0.1, 0.15) is 26.5 Å². The maximum atomic E-state index is 11.2. The molecule has 0 radical (unpaired) electrons. The molecule has 0 aliphatic carbocycles. The van der Waals surface area contributed by atoms with E-state index < -0.39 is 9.84 Å². The first kappa shape index (κ1) is 17.2. The van der Waals surface area contributed by atoms with Crippen molar-refractivity contribution in [2.24, 2.45) is 0 Å². The highest BCUT2D eigenvalue weighted by Gasteiger charge is 2.21. The summed E-state index contributed by atoms with van der Waals surface area (Å²) < 4.78 is 22.4. The van der Waals surface area contributed by atoms with Gasteiger partial charge in [-0.05, 0) is 6.92 Å². The summed E-state index contributed by atoms with van der Waals surface area (Å²) in [6.07, 6.45) is 1.25. The van der Waals surface area contributed by atoms with E-state index in [1.165, 1.54) is 18.0 Å². The van der Waals surface area contributed by atoms with E-state index in [0.29, 0.717) is 5.75 Å². The molecule has 0 unspecified atom stereocenters. The van der Waals surface area contributed by atoms with E-state index in [9.17, 15) is 8.42 Å². The maximum absolute atomic E-state index is 11.2. The van der Waals surface area contributed by atoms with Gasteiger partial charge in [-0.15, -0.1) is 11.8 Å². The average molecular weight is 317 g/mol. The Labute approximate surface area is 125 Å². The number of hydrogen-bond acceptors (Lipinski definition) is 6. The molecule has 0 aromatic carbocycles. The molecule has 1 aromatic heterocycles. The van der Waals surface area contributed by atoms with Gasteiger partial charge in [0.25, 0.3) is 0 Å². The number of nitrogens with zero attached hydrogens (tertiary/aromatic N) is 2. The summed E-state index contributed by atoms with van der Waals surface area (Å²) in [6, 6.07) is 0. The summed E-state index contributed by atoms with van der Waals surface area (Å²) in [5, 5.41) is 3.92. The van der Waals surface area contributed by atoms with Crippen molar-refractivity contribution in [1.29, 1.82) is 0 Å². The van der Waals surface area contributed by atoms with Crippen LogP contribution in [0.25, 0.3) is 0 Å². The highest BCUT2D eigenvalue weighted by atomic mass is 32.2. The second kappa shape index (κ2) is 6.30. The Kier molecular flexibility index (Phi) is 5.43. The summed E-state index contributed by atoms with van der Waals surface area (Å²) in [5.74, 6) is 2.21. The Morgan fingerprint density at radius 3 is 2.30 bits per heavy atom. The number of anilines is 1. The third-order valence-corrected chi connectivity index (χ3v) is 4.98. The number of rotatable bonds is 5. The fourth-order valence-corrected chi connectivity index (χ4v) is 3.71. The lowest BCUT2D eigenvalue weighted by Crippen LogP contribution is -2.18. The molecular weight excluding hydrogens is 294 g/mol. The van der Waals surface area contributed by atoms with Crippen molar-refractivity contribution >= 4 is 27.4 Å². The van der Waals surface area contributed by atoms with Gasteiger partial charge in [-0.2, -0.15) is 0 Å². The van der Waals surface area contributed by atoms with Crippen molar-refractivity contribution in [2.45, 2.75) is 38.1 Å². The lowest BCUT2D eigenvalue weighted by Gasteiger charge is -2.20. The molecule has 1 rings (SSSR count). The zero-order chi connectivity index (χ0) is 15.6. The molecule has 0 fully saturated rings. The monoisotopic (exact) mass is 317 g/mol. The van der Waals surface area contributed by atoms with E-state index in [1.54, 1.807) is 0 Å². The largest absolute Gasteiger partial charge is 0.373 e. The number of aromatic nitrogens is 2. The molecule has 1 N–H and O–H groups in total. The van der Waals surface area contributed by atoms with E-state index >= 15 is 0 Å². The van der Waals surface area contributed by atoms with Gasteiger partial charge in [0, 0.05) is 30.0 Å². The predicted molar refractivity (Wildman–Crippen MR) is 85.5 cm³/mol. The summed E-state index contributed by atoms with van der Waals surface area (Å²) >= 11 is 1.46. The molecule has 1 aromatic rings. The molecule has 0 saturated carbocycles. The van der Waals surface area contributed by atoms with Crippen LogP contribution in [0.2, 0.25) is 0 Å². The van der Waals surface area contributed by atoms with Gasteiger partial charge in [-0.1, -0.05) is 20.8 Å². The lowest BCUT2D eigenvalue weighted by molar-refractivity contribution is 0.538. The molecule has 0 amide bonds. The van der Waals surface area contributed by atoms with E-state index in [4.69, 9.17) is 0 Å². The highest BCUT2D eigenvalue weighted by Crippen LogP contribution is 2.28. The predicted octanol–water partition coefficient (Wildman–Crippen LogP) is 2.26. The van der Waals surface area contributed by atoms with E-state index in [2.05, 4.69) is 36.1 Å². The maximum Gasteiger partial charge on any atom is 0.148 e. The molecule has 0 aliphatic heterocycles. The second-order valence-corrected chi connectivity index (χ2v) is 9.15. The van der Waals surface area contributed by atoms with Crippen molar-refractivity contribution in [3.05, 3.63) is 11.4 Å². The highest BCUT2D eigenvalue weighted by molar-refractivity contribution is 8.00. The fraction of sp³-hybridized carbons (Fsp3) is 0.692. The zero-order valence-corrected chi connectivity index (χ0v) is 14.6. The van der Waals surface area contributed by atoms with Crippen LogP contribution in [0, 0.1) is 6.92 Å². The van der Waals surface area contributed by atoms with Crippen molar-refractivity contribution < 1.29 is 8.42 Å². The third kappa shape index (κ3) is 4.94. The molecule has 5 nitrogen and oxygen atoms in total. The van der Waals surface area contributed by atoms with E-state index in [-0.39, 0.29) is 11.2 Å². The van der Waals surface area contributed by atoms with Gasteiger partial charge in [0.2, 0.25) is 0 Å². The summed E-state index contributed by atoms with van der Waals surface area (Å²) in [7, 11) is -1.12. The van der Waals surface area contributed by atoms with Crippen LogP contribution in [0.3, 0.4) is 0 Å². The van der Waals surface area contributed by atoms with Crippen molar-refractivity contribution in [3.63, 3.8) is 0 Å². The molecule has 20 heavy (non-hydrogen) atoms. The first-order chi connectivity index (χ1) is 9.04. The first-order valence-corrected chi connectivity index (χ1v) is 9.46. The number of hydrogen-bond donors (Lipinski definition) is 1. The minimum absolute atomic E-state index is 0.147. The molecule has 0 bridgehead atoms. The molecule has 0 saturated heterocycles. The summed E-state index contributed by atoms with van der Waals surface area (Å²) in [4.78, 5) is 9.11. The topological polar surface area (TPSA) is 72.0 Å². The molecule has 114 valence electrons. The fourth-order valence-electron chi connectivity index (χ4n) is 1.51. The molecule has 0 spiro atoms. The van der Waals surface area contributed by atoms with Crippen molar-refractivity contribution in [3.8, 4) is 0 Å². The Morgan fingerprint density at radius 2 is 1.85 bits per heavy atom. The smallest absolute Gasteiger partial charge is 0.148 e. The molecule has 7 heteroatoms. The van der Waals surface area contributed by atoms with E-state index in [1.807, 2.05) is 14.0 Å². The third-order valence-electron chi connectivity index (χ3n) is 2.70. The van der Waals surface area contributed by atoms with E-state index in [0.717, 1.165) is 22.2 Å². The number of sulfone groups is 1. The quantitative estimate of drug-likeness (QED) is 0.663. The van der Waals surface area contributed by atoms with Crippen LogP contribution >= 0.6 is 11.8 Å². The van der Waals surface area contributed by atoms with Crippen molar-refractivity contribution in [2.75, 3.05) is 30.1 Å². The lowest BCUT2D eigenvalue weighted by atomic mass is 9.95. The van der Waals surface area contributed by atoms with Gasteiger partial charge < -0.3 is 5.32 Å². The molecule has 1 heterocycles.